The number of hydrogen-bond acceptors (Lipinski definition) is 5. The third-order valence-electron chi connectivity index (χ3n) is 5.50. The van der Waals surface area contributed by atoms with Gasteiger partial charge < -0.3 is 15.0 Å². The molecule has 11 heteroatoms. The second kappa shape index (κ2) is 12.7. The average Bonchev–Trinajstić information content (AvgIpc) is 2.84. The maximum absolute atomic E-state index is 14.6. The van der Waals surface area contributed by atoms with E-state index in [1.54, 1.807) is 31.2 Å². The van der Waals surface area contributed by atoms with Gasteiger partial charge in [0.1, 0.15) is 24.2 Å². The quantitative estimate of drug-likeness (QED) is 0.462. The summed E-state index contributed by atoms with van der Waals surface area (Å²) < 4.78 is 47.6. The molecule has 0 spiro atoms. The van der Waals surface area contributed by atoms with Crippen LogP contribution in [-0.4, -0.2) is 69.8 Å². The van der Waals surface area contributed by atoms with Crippen LogP contribution < -0.4 is 14.4 Å². The van der Waals surface area contributed by atoms with Crippen molar-refractivity contribution in [3.05, 3.63) is 59.9 Å². The van der Waals surface area contributed by atoms with Gasteiger partial charge in [0.25, 0.3) is 0 Å². The fourth-order valence-electron chi connectivity index (χ4n) is 3.32. The first-order valence-electron chi connectivity index (χ1n) is 11.5. The van der Waals surface area contributed by atoms with Crippen LogP contribution in [0.2, 0.25) is 0 Å². The van der Waals surface area contributed by atoms with Crippen LogP contribution in [-0.2, 0) is 26.3 Å². The normalized spacial score (nSPS) is 12.4. The largest absolute Gasteiger partial charge is 0.497 e. The molecule has 2 rings (SSSR count). The van der Waals surface area contributed by atoms with Crippen LogP contribution in [0.25, 0.3) is 0 Å². The van der Waals surface area contributed by atoms with Crippen molar-refractivity contribution < 1.29 is 27.1 Å². The summed E-state index contributed by atoms with van der Waals surface area (Å²) in [7, 11) is -0.101. The van der Waals surface area contributed by atoms with Crippen molar-refractivity contribution >= 4 is 27.7 Å². The highest BCUT2D eigenvalue weighted by Gasteiger charge is 2.33. The Morgan fingerprint density at radius 3 is 2.17 bits per heavy atom. The number of carbonyl (C=O) groups excluding carboxylic acids is 2. The zero-order valence-corrected chi connectivity index (χ0v) is 22.4. The minimum atomic E-state index is -4.23. The van der Waals surface area contributed by atoms with E-state index in [0.717, 1.165) is 10.4 Å². The molecule has 0 bridgehead atoms. The number of para-hydroxylation sites is 1. The molecule has 0 radical (unpaired) electrons. The number of carbonyl (C=O) groups is 2. The van der Waals surface area contributed by atoms with Gasteiger partial charge in [-0.05, 0) is 42.7 Å². The highest BCUT2D eigenvalue weighted by molar-refractivity contribution is 7.90. The maximum Gasteiger partial charge on any atom is 0.304 e. The van der Waals surface area contributed by atoms with Gasteiger partial charge in [0.15, 0.2) is 0 Å². The molecule has 0 saturated carbocycles. The molecule has 0 aliphatic heterocycles. The van der Waals surface area contributed by atoms with Gasteiger partial charge in [0, 0.05) is 27.2 Å². The highest BCUT2D eigenvalue weighted by Crippen LogP contribution is 2.24. The minimum Gasteiger partial charge on any atom is -0.497 e. The minimum absolute atomic E-state index is 0.0339. The smallest absolute Gasteiger partial charge is 0.304 e. The van der Waals surface area contributed by atoms with E-state index in [9.17, 15) is 22.4 Å². The maximum atomic E-state index is 14.6. The second-order valence-corrected chi connectivity index (χ2v) is 11.0. The molecule has 0 unspecified atom stereocenters. The van der Waals surface area contributed by atoms with Crippen LogP contribution in [0.5, 0.6) is 5.75 Å². The van der Waals surface area contributed by atoms with E-state index < -0.39 is 34.5 Å². The summed E-state index contributed by atoms with van der Waals surface area (Å²) in [5.41, 5.74) is 0.446. The molecule has 9 nitrogen and oxygen atoms in total. The Bertz CT molecular complexity index is 1140. The molecule has 36 heavy (non-hydrogen) atoms. The summed E-state index contributed by atoms with van der Waals surface area (Å²) in [6.07, 6.45) is 0. The molecule has 2 amide bonds. The molecular weight excluding hydrogens is 487 g/mol. The standard InChI is InChI=1S/C25H35FN4O5S/c1-18(2)15-27-25(32)19(3)29(16-20-11-13-21(35-6)14-12-20)24(31)17-30(36(33,34)28(4)5)23-10-8-7-9-22(23)26/h7-14,18-19H,15-17H2,1-6H3,(H,27,32)/t19-/m1/s1. The predicted molar refractivity (Wildman–Crippen MR) is 137 cm³/mol. The van der Waals surface area contributed by atoms with Crippen molar-refractivity contribution in [2.75, 3.05) is 38.6 Å². The van der Waals surface area contributed by atoms with Crippen LogP contribution in [0.4, 0.5) is 10.1 Å². The number of methoxy groups -OCH3 is 1. The summed E-state index contributed by atoms with van der Waals surface area (Å²) in [5, 5.41) is 2.81. The summed E-state index contributed by atoms with van der Waals surface area (Å²) in [4.78, 5) is 27.8. The van der Waals surface area contributed by atoms with E-state index in [1.165, 1.54) is 44.3 Å². The van der Waals surface area contributed by atoms with Gasteiger partial charge >= 0.3 is 10.2 Å². The Hall–Kier alpha value is -3.18. The number of halogens is 1. The lowest BCUT2D eigenvalue weighted by Crippen LogP contribution is -2.52. The lowest BCUT2D eigenvalue weighted by atomic mass is 10.1. The van der Waals surface area contributed by atoms with E-state index in [0.29, 0.717) is 22.2 Å². The van der Waals surface area contributed by atoms with E-state index in [1.807, 2.05) is 13.8 Å². The Kier molecular flexibility index (Phi) is 10.2. The molecule has 0 fully saturated rings. The topological polar surface area (TPSA) is 99.3 Å². The van der Waals surface area contributed by atoms with E-state index in [2.05, 4.69) is 5.32 Å². The Balaban J connectivity index is 2.44. The van der Waals surface area contributed by atoms with E-state index in [4.69, 9.17) is 4.74 Å². The molecule has 0 aliphatic carbocycles. The molecule has 0 aliphatic rings. The van der Waals surface area contributed by atoms with Gasteiger partial charge in [-0.2, -0.15) is 12.7 Å². The third-order valence-corrected chi connectivity index (χ3v) is 7.31. The van der Waals surface area contributed by atoms with Gasteiger partial charge in [-0.15, -0.1) is 0 Å². The third kappa shape index (κ3) is 7.41. The summed E-state index contributed by atoms with van der Waals surface area (Å²) >= 11 is 0. The molecule has 0 aromatic heterocycles. The van der Waals surface area contributed by atoms with Crippen molar-refractivity contribution in [3.63, 3.8) is 0 Å². The molecule has 0 heterocycles. The number of rotatable bonds is 12. The Labute approximate surface area is 213 Å². The lowest BCUT2D eigenvalue weighted by molar-refractivity contribution is -0.139. The van der Waals surface area contributed by atoms with E-state index in [-0.39, 0.29) is 24.1 Å². The summed E-state index contributed by atoms with van der Waals surface area (Å²) in [6, 6.07) is 11.4. The Morgan fingerprint density at radius 2 is 1.64 bits per heavy atom. The average molecular weight is 523 g/mol. The first-order valence-corrected chi connectivity index (χ1v) is 12.9. The van der Waals surface area contributed by atoms with Gasteiger partial charge in [0.05, 0.1) is 12.8 Å². The molecule has 2 aromatic rings. The number of benzene rings is 2. The van der Waals surface area contributed by atoms with Crippen LogP contribution in [0.3, 0.4) is 0 Å². The first-order chi connectivity index (χ1) is 16.9. The second-order valence-electron chi connectivity index (χ2n) is 8.93. The number of ether oxygens (including phenoxy) is 1. The molecule has 2 aromatic carbocycles. The molecule has 0 saturated heterocycles. The number of anilines is 1. The first kappa shape index (κ1) is 29.1. The Morgan fingerprint density at radius 1 is 1.03 bits per heavy atom. The van der Waals surface area contributed by atoms with Crippen LogP contribution in [0, 0.1) is 11.7 Å². The zero-order valence-electron chi connectivity index (χ0n) is 21.6. The number of nitrogens with zero attached hydrogens (tertiary/aromatic N) is 3. The molecule has 1 N–H and O–H groups in total. The van der Waals surface area contributed by atoms with Gasteiger partial charge in [0.2, 0.25) is 11.8 Å². The van der Waals surface area contributed by atoms with Crippen LogP contribution in [0.1, 0.15) is 26.3 Å². The van der Waals surface area contributed by atoms with Crippen molar-refractivity contribution in [3.8, 4) is 5.75 Å². The van der Waals surface area contributed by atoms with Crippen LogP contribution in [0.15, 0.2) is 48.5 Å². The van der Waals surface area contributed by atoms with Crippen LogP contribution >= 0.6 is 0 Å². The van der Waals surface area contributed by atoms with Gasteiger partial charge in [-0.3, -0.25) is 9.59 Å². The molecule has 198 valence electrons. The summed E-state index contributed by atoms with van der Waals surface area (Å²) in [5.74, 6) is -0.999. The van der Waals surface area contributed by atoms with Gasteiger partial charge in [-0.25, -0.2) is 8.70 Å². The van der Waals surface area contributed by atoms with E-state index >= 15 is 0 Å². The summed E-state index contributed by atoms with van der Waals surface area (Å²) in [6.45, 7) is 5.23. The highest BCUT2D eigenvalue weighted by atomic mass is 32.2. The van der Waals surface area contributed by atoms with Gasteiger partial charge in [-0.1, -0.05) is 38.1 Å². The fourth-order valence-corrected chi connectivity index (χ4v) is 4.38. The van der Waals surface area contributed by atoms with Crippen molar-refractivity contribution in [2.24, 2.45) is 5.92 Å². The number of amides is 2. The van der Waals surface area contributed by atoms with Crippen molar-refractivity contribution in [1.29, 1.82) is 0 Å². The lowest BCUT2D eigenvalue weighted by Gasteiger charge is -2.33. The monoisotopic (exact) mass is 522 g/mol. The molecular formula is C25H35FN4O5S. The molecule has 1 atom stereocenters. The number of hydrogen-bond donors (Lipinski definition) is 1. The zero-order chi connectivity index (χ0) is 27.0. The predicted octanol–water partition coefficient (Wildman–Crippen LogP) is 2.64. The van der Waals surface area contributed by atoms with Crippen molar-refractivity contribution in [2.45, 2.75) is 33.4 Å². The SMILES string of the molecule is COc1ccc(CN(C(=O)CN(c2ccccc2F)S(=O)(=O)N(C)C)[C@H](C)C(=O)NCC(C)C)cc1. The fraction of sp³-hybridized carbons (Fsp3) is 0.440. The van der Waals surface area contributed by atoms with Crippen molar-refractivity contribution in [1.82, 2.24) is 14.5 Å². The number of nitrogens with one attached hydrogen (secondary N) is 1.